The summed E-state index contributed by atoms with van der Waals surface area (Å²) < 4.78 is 13.9. The van der Waals surface area contributed by atoms with E-state index in [4.69, 9.17) is 5.11 Å². The van der Waals surface area contributed by atoms with Gasteiger partial charge in [-0.05, 0) is 44.4 Å². The Morgan fingerprint density at radius 2 is 1.56 bits per heavy atom. The average molecular weight is 344 g/mol. The molecule has 0 saturated carbocycles. The number of benzene rings is 2. The third-order valence-corrected chi connectivity index (χ3v) is 3.80. The number of carbonyl (C=O) groups is 2. The van der Waals surface area contributed by atoms with E-state index >= 15 is 0 Å². The number of aromatic carboxylic acids is 1. The van der Waals surface area contributed by atoms with Gasteiger partial charge in [0, 0.05) is 30.8 Å². The third-order valence-electron chi connectivity index (χ3n) is 3.80. The molecular formula is C19H21FN2O3. The Morgan fingerprint density at radius 1 is 0.960 bits per heavy atom. The minimum absolute atomic E-state index is 0.116. The Labute approximate surface area is 146 Å². The number of carboxylic acids is 1. The Morgan fingerprint density at radius 3 is 2.12 bits per heavy atom. The van der Waals surface area contributed by atoms with Crippen molar-refractivity contribution in [2.75, 3.05) is 27.2 Å². The highest BCUT2D eigenvalue weighted by atomic mass is 19.1. The van der Waals surface area contributed by atoms with Crippen LogP contribution < -0.4 is 0 Å². The summed E-state index contributed by atoms with van der Waals surface area (Å²) in [5.41, 5.74) is 0.933. The van der Waals surface area contributed by atoms with E-state index in [1.54, 1.807) is 23.1 Å². The molecule has 0 aliphatic heterocycles. The van der Waals surface area contributed by atoms with Crippen molar-refractivity contribution in [2.24, 2.45) is 0 Å². The van der Waals surface area contributed by atoms with Crippen molar-refractivity contribution in [3.05, 3.63) is 71.0 Å². The number of nitrogens with zero attached hydrogens (tertiary/aromatic N) is 2. The zero-order valence-electron chi connectivity index (χ0n) is 14.3. The van der Waals surface area contributed by atoms with Gasteiger partial charge in [0.05, 0.1) is 5.56 Å². The maximum atomic E-state index is 13.9. The summed E-state index contributed by atoms with van der Waals surface area (Å²) in [6.45, 7) is 1.22. The third kappa shape index (κ3) is 5.12. The van der Waals surface area contributed by atoms with Gasteiger partial charge in [0.1, 0.15) is 5.82 Å². The largest absolute Gasteiger partial charge is 0.478 e. The summed E-state index contributed by atoms with van der Waals surface area (Å²) in [6, 6.07) is 12.1. The molecule has 0 aromatic heterocycles. The van der Waals surface area contributed by atoms with Crippen LogP contribution in [0.4, 0.5) is 4.39 Å². The Bertz CT molecular complexity index is 745. The topological polar surface area (TPSA) is 60.9 Å². The standard InChI is InChI=1S/C19H21FN2O3/c1-21(2)11-12-22(13-16-5-3-4-6-17(16)20)18(23)14-7-9-15(10-8-14)19(24)25/h3-10H,11-13H2,1-2H3,(H,24,25). The first-order chi connectivity index (χ1) is 11.9. The van der Waals surface area contributed by atoms with Gasteiger partial charge in [0.15, 0.2) is 0 Å². The van der Waals surface area contributed by atoms with Crippen molar-refractivity contribution in [1.29, 1.82) is 0 Å². The van der Waals surface area contributed by atoms with Crippen LogP contribution in [0.25, 0.3) is 0 Å². The molecule has 0 heterocycles. The highest BCUT2D eigenvalue weighted by molar-refractivity contribution is 5.95. The molecule has 0 spiro atoms. The van der Waals surface area contributed by atoms with Crippen molar-refractivity contribution in [3.63, 3.8) is 0 Å². The van der Waals surface area contributed by atoms with Gasteiger partial charge in [0.25, 0.3) is 5.91 Å². The Kier molecular flexibility index (Phi) is 6.25. The van der Waals surface area contributed by atoms with Crippen LogP contribution in [0.2, 0.25) is 0 Å². The molecule has 0 unspecified atom stereocenters. The Balaban J connectivity index is 2.22. The average Bonchev–Trinajstić information content (AvgIpc) is 2.59. The van der Waals surface area contributed by atoms with Crippen molar-refractivity contribution in [2.45, 2.75) is 6.54 Å². The molecule has 0 bridgehead atoms. The molecule has 2 rings (SSSR count). The van der Waals surface area contributed by atoms with Crippen LogP contribution in [0.3, 0.4) is 0 Å². The number of amides is 1. The maximum Gasteiger partial charge on any atom is 0.335 e. The number of rotatable bonds is 7. The smallest absolute Gasteiger partial charge is 0.335 e. The normalized spacial score (nSPS) is 10.7. The van der Waals surface area contributed by atoms with E-state index in [0.717, 1.165) is 0 Å². The molecule has 2 aromatic rings. The second-order valence-electron chi connectivity index (χ2n) is 6.00. The van der Waals surface area contributed by atoms with Crippen LogP contribution in [-0.4, -0.2) is 54.0 Å². The molecule has 0 saturated heterocycles. The molecule has 0 atom stereocenters. The summed E-state index contributed by atoms with van der Waals surface area (Å²) in [7, 11) is 3.79. The van der Waals surface area contributed by atoms with Crippen molar-refractivity contribution < 1.29 is 19.1 Å². The van der Waals surface area contributed by atoms with E-state index in [1.165, 1.54) is 30.3 Å². The summed E-state index contributed by atoms with van der Waals surface area (Å²) >= 11 is 0. The second kappa shape index (κ2) is 8.39. The van der Waals surface area contributed by atoms with Crippen LogP contribution in [0.1, 0.15) is 26.3 Å². The number of hydrogen-bond donors (Lipinski definition) is 1. The van der Waals surface area contributed by atoms with Crippen LogP contribution in [0.15, 0.2) is 48.5 Å². The van der Waals surface area contributed by atoms with E-state index in [1.807, 2.05) is 19.0 Å². The summed E-state index contributed by atoms with van der Waals surface area (Å²) in [4.78, 5) is 27.2. The first kappa shape index (κ1) is 18.6. The van der Waals surface area contributed by atoms with Crippen molar-refractivity contribution in [3.8, 4) is 0 Å². The first-order valence-electron chi connectivity index (χ1n) is 7.89. The van der Waals surface area contributed by atoms with Crippen LogP contribution >= 0.6 is 0 Å². The van der Waals surface area contributed by atoms with Crippen molar-refractivity contribution >= 4 is 11.9 Å². The number of carboxylic acid groups (broad SMARTS) is 1. The predicted octanol–water partition coefficient (Wildman–Crippen LogP) is 2.73. The van der Waals surface area contributed by atoms with Gasteiger partial charge < -0.3 is 14.9 Å². The fraction of sp³-hybridized carbons (Fsp3) is 0.263. The van der Waals surface area contributed by atoms with Crippen LogP contribution in [0.5, 0.6) is 0 Å². The van der Waals surface area contributed by atoms with E-state index in [-0.39, 0.29) is 23.8 Å². The molecule has 0 aliphatic rings. The predicted molar refractivity (Wildman–Crippen MR) is 93.1 cm³/mol. The highest BCUT2D eigenvalue weighted by Gasteiger charge is 2.18. The zero-order valence-corrected chi connectivity index (χ0v) is 14.3. The molecule has 0 radical (unpaired) electrons. The number of carbonyl (C=O) groups excluding carboxylic acids is 1. The van der Waals surface area contributed by atoms with E-state index < -0.39 is 5.97 Å². The SMILES string of the molecule is CN(C)CCN(Cc1ccccc1F)C(=O)c1ccc(C(=O)O)cc1. The van der Waals surface area contributed by atoms with E-state index in [0.29, 0.717) is 24.2 Å². The molecule has 2 aromatic carbocycles. The molecule has 6 heteroatoms. The van der Waals surface area contributed by atoms with Gasteiger partial charge in [-0.2, -0.15) is 0 Å². The maximum absolute atomic E-state index is 13.9. The molecule has 0 fully saturated rings. The van der Waals surface area contributed by atoms with Gasteiger partial charge in [-0.3, -0.25) is 4.79 Å². The van der Waals surface area contributed by atoms with Gasteiger partial charge in [-0.1, -0.05) is 18.2 Å². The molecule has 132 valence electrons. The zero-order chi connectivity index (χ0) is 18.4. The summed E-state index contributed by atoms with van der Waals surface area (Å²) in [5.74, 6) is -1.66. The number of likely N-dealkylation sites (N-methyl/N-ethyl adjacent to an activating group) is 1. The lowest BCUT2D eigenvalue weighted by Crippen LogP contribution is -2.36. The molecule has 1 amide bonds. The minimum atomic E-state index is -1.05. The van der Waals surface area contributed by atoms with Crippen LogP contribution in [0, 0.1) is 5.82 Å². The van der Waals surface area contributed by atoms with Gasteiger partial charge in [-0.15, -0.1) is 0 Å². The van der Waals surface area contributed by atoms with E-state index in [2.05, 4.69) is 0 Å². The quantitative estimate of drug-likeness (QED) is 0.839. The summed E-state index contributed by atoms with van der Waals surface area (Å²) in [5, 5.41) is 8.95. The molecular weight excluding hydrogens is 323 g/mol. The number of halogens is 1. The van der Waals surface area contributed by atoms with Gasteiger partial charge in [-0.25, -0.2) is 9.18 Å². The minimum Gasteiger partial charge on any atom is -0.478 e. The lowest BCUT2D eigenvalue weighted by Gasteiger charge is -2.25. The fourth-order valence-electron chi connectivity index (χ4n) is 2.34. The molecule has 0 aliphatic carbocycles. The van der Waals surface area contributed by atoms with E-state index in [9.17, 15) is 14.0 Å². The van der Waals surface area contributed by atoms with Crippen LogP contribution in [-0.2, 0) is 6.54 Å². The monoisotopic (exact) mass is 344 g/mol. The van der Waals surface area contributed by atoms with Gasteiger partial charge >= 0.3 is 5.97 Å². The highest BCUT2D eigenvalue weighted by Crippen LogP contribution is 2.14. The number of hydrogen-bond acceptors (Lipinski definition) is 3. The molecule has 25 heavy (non-hydrogen) atoms. The van der Waals surface area contributed by atoms with Gasteiger partial charge in [0.2, 0.25) is 0 Å². The lowest BCUT2D eigenvalue weighted by molar-refractivity contribution is 0.0692. The molecule has 5 nitrogen and oxygen atoms in total. The first-order valence-corrected chi connectivity index (χ1v) is 7.89. The lowest BCUT2D eigenvalue weighted by atomic mass is 10.1. The summed E-state index contributed by atoms with van der Waals surface area (Å²) in [6.07, 6.45) is 0. The second-order valence-corrected chi connectivity index (χ2v) is 6.00. The fourth-order valence-corrected chi connectivity index (χ4v) is 2.34. The Hall–Kier alpha value is -2.73. The molecule has 1 N–H and O–H groups in total. The van der Waals surface area contributed by atoms with Crippen molar-refractivity contribution in [1.82, 2.24) is 9.80 Å².